The minimum atomic E-state index is -4.61. The molecule has 1 aliphatic heterocycles. The lowest BCUT2D eigenvalue weighted by Crippen LogP contribution is -2.38. The first-order valence-corrected chi connectivity index (χ1v) is 11.1. The highest BCUT2D eigenvalue weighted by atomic mass is 19.4. The second kappa shape index (κ2) is 7.36. The Balaban J connectivity index is 1.34. The van der Waals surface area contributed by atoms with Crippen molar-refractivity contribution in [3.63, 3.8) is 0 Å². The van der Waals surface area contributed by atoms with Gasteiger partial charge in [0.05, 0.1) is 23.8 Å². The van der Waals surface area contributed by atoms with Crippen LogP contribution in [0.1, 0.15) is 44.4 Å². The predicted octanol–water partition coefficient (Wildman–Crippen LogP) is 4.28. The summed E-state index contributed by atoms with van der Waals surface area (Å²) in [6.07, 6.45) is -1.52. The topological polar surface area (TPSA) is 97.6 Å². The Morgan fingerprint density at radius 3 is 2.69 bits per heavy atom. The summed E-state index contributed by atoms with van der Waals surface area (Å²) >= 11 is 0. The maximum absolute atomic E-state index is 14.5. The van der Waals surface area contributed by atoms with Crippen LogP contribution in [0.4, 0.5) is 23.4 Å². The van der Waals surface area contributed by atoms with Crippen LogP contribution in [0.2, 0.25) is 0 Å². The van der Waals surface area contributed by atoms with Crippen LogP contribution < -0.4 is 9.64 Å². The quantitative estimate of drug-likeness (QED) is 0.428. The molecule has 1 aromatic carbocycles. The Bertz CT molecular complexity index is 1440. The number of ether oxygens (including phenoxy) is 1. The number of halogens is 4. The first-order valence-electron chi connectivity index (χ1n) is 11.1. The standard InChI is InChI=1S/C22H20F4N8O/c1-11-19-29-20(22(24,25)26)32-34(19)6-5-33(11)17-9-15(27-10-28-17)18-12-7-16(35-21(2)3-4-21)13(23)8-14(12)30-31-18/h7-11H,3-6H2,1-2H3,(H,30,31). The Labute approximate surface area is 196 Å². The van der Waals surface area contributed by atoms with Gasteiger partial charge in [-0.25, -0.2) is 24.0 Å². The average Bonchev–Trinajstić information content (AvgIpc) is 3.20. The fourth-order valence-corrected chi connectivity index (χ4v) is 4.27. The van der Waals surface area contributed by atoms with Crippen molar-refractivity contribution in [3.8, 4) is 17.1 Å². The van der Waals surface area contributed by atoms with E-state index in [2.05, 4.69) is 30.2 Å². The van der Waals surface area contributed by atoms with Crippen molar-refractivity contribution in [2.24, 2.45) is 0 Å². The number of anilines is 1. The molecule has 0 bridgehead atoms. The van der Waals surface area contributed by atoms with E-state index in [9.17, 15) is 17.6 Å². The fourth-order valence-electron chi connectivity index (χ4n) is 4.27. The molecule has 1 saturated carbocycles. The van der Waals surface area contributed by atoms with E-state index in [1.807, 2.05) is 11.8 Å². The molecule has 1 N–H and O–H groups in total. The molecule has 2 aliphatic rings. The Morgan fingerprint density at radius 2 is 1.94 bits per heavy atom. The third-order valence-corrected chi connectivity index (χ3v) is 6.46. The lowest BCUT2D eigenvalue weighted by atomic mass is 10.1. The largest absolute Gasteiger partial charge is 0.484 e. The fraction of sp³-hybridized carbons (Fsp3) is 0.409. The SMILES string of the molecule is CC1c2nc(C(F)(F)F)nn2CCN1c1cc(-c2n[nH]c3cc(F)c(OC4(C)CC4)cc23)ncn1. The van der Waals surface area contributed by atoms with E-state index in [0.717, 1.165) is 12.8 Å². The molecule has 1 atom stereocenters. The summed E-state index contributed by atoms with van der Waals surface area (Å²) in [5.74, 6) is -0.768. The molecule has 6 rings (SSSR count). The van der Waals surface area contributed by atoms with Crippen LogP contribution in [0.15, 0.2) is 24.5 Å². The number of alkyl halides is 3. The summed E-state index contributed by atoms with van der Waals surface area (Å²) in [5.41, 5.74) is 1.11. The summed E-state index contributed by atoms with van der Waals surface area (Å²) < 4.78 is 61.0. The number of nitrogens with one attached hydrogen (secondary N) is 1. The molecule has 35 heavy (non-hydrogen) atoms. The van der Waals surface area contributed by atoms with Gasteiger partial charge in [-0.3, -0.25) is 5.10 Å². The van der Waals surface area contributed by atoms with Crippen molar-refractivity contribution < 1.29 is 22.3 Å². The zero-order valence-corrected chi connectivity index (χ0v) is 18.8. The van der Waals surface area contributed by atoms with Crippen molar-refractivity contribution in [2.45, 2.75) is 51.1 Å². The molecule has 13 heteroatoms. The minimum Gasteiger partial charge on any atom is -0.484 e. The normalized spacial score (nSPS) is 19.1. The molecule has 9 nitrogen and oxygen atoms in total. The molecule has 0 amide bonds. The molecular weight excluding hydrogens is 468 g/mol. The zero-order valence-electron chi connectivity index (χ0n) is 18.8. The van der Waals surface area contributed by atoms with Gasteiger partial charge < -0.3 is 9.64 Å². The van der Waals surface area contributed by atoms with Gasteiger partial charge in [-0.1, -0.05) is 0 Å². The highest BCUT2D eigenvalue weighted by Gasteiger charge is 2.41. The smallest absolute Gasteiger partial charge is 0.453 e. The molecule has 3 aromatic heterocycles. The third-order valence-electron chi connectivity index (χ3n) is 6.46. The van der Waals surface area contributed by atoms with Gasteiger partial charge in [0.15, 0.2) is 11.6 Å². The molecular formula is C22H20F4N8O. The number of nitrogens with zero attached hydrogens (tertiary/aromatic N) is 7. The zero-order chi connectivity index (χ0) is 24.5. The van der Waals surface area contributed by atoms with Gasteiger partial charge in [0.25, 0.3) is 5.82 Å². The molecule has 4 heterocycles. The van der Waals surface area contributed by atoms with Gasteiger partial charge in [-0.2, -0.15) is 18.3 Å². The highest BCUT2D eigenvalue weighted by Crippen LogP contribution is 2.42. The van der Waals surface area contributed by atoms with E-state index in [1.54, 1.807) is 19.1 Å². The van der Waals surface area contributed by atoms with Crippen LogP contribution >= 0.6 is 0 Å². The Morgan fingerprint density at radius 1 is 1.14 bits per heavy atom. The van der Waals surface area contributed by atoms with Crippen molar-refractivity contribution in [1.82, 2.24) is 34.9 Å². The van der Waals surface area contributed by atoms with E-state index >= 15 is 0 Å². The number of aromatic nitrogens is 7. The van der Waals surface area contributed by atoms with Gasteiger partial charge >= 0.3 is 6.18 Å². The van der Waals surface area contributed by atoms with E-state index in [-0.39, 0.29) is 23.7 Å². The van der Waals surface area contributed by atoms with Gasteiger partial charge in [0, 0.05) is 24.1 Å². The lowest BCUT2D eigenvalue weighted by Gasteiger charge is -2.33. The molecule has 182 valence electrons. The summed E-state index contributed by atoms with van der Waals surface area (Å²) in [6, 6.07) is 4.15. The predicted molar refractivity (Wildman–Crippen MR) is 116 cm³/mol. The summed E-state index contributed by atoms with van der Waals surface area (Å²) in [7, 11) is 0. The summed E-state index contributed by atoms with van der Waals surface area (Å²) in [5, 5.41) is 11.4. The number of rotatable bonds is 4. The average molecular weight is 488 g/mol. The molecule has 1 unspecified atom stereocenters. The van der Waals surface area contributed by atoms with Gasteiger partial charge in [0.2, 0.25) is 0 Å². The van der Waals surface area contributed by atoms with Crippen molar-refractivity contribution >= 4 is 16.7 Å². The van der Waals surface area contributed by atoms with E-state index in [0.29, 0.717) is 34.7 Å². The highest BCUT2D eigenvalue weighted by molar-refractivity contribution is 5.93. The van der Waals surface area contributed by atoms with Crippen LogP contribution in [0.3, 0.4) is 0 Å². The van der Waals surface area contributed by atoms with Crippen molar-refractivity contribution in [3.05, 3.63) is 42.0 Å². The second-order valence-electron chi connectivity index (χ2n) is 9.10. The van der Waals surface area contributed by atoms with Crippen LogP contribution in [0, 0.1) is 5.82 Å². The molecule has 1 fully saturated rings. The third kappa shape index (κ3) is 3.74. The lowest BCUT2D eigenvalue weighted by molar-refractivity contribution is -0.145. The summed E-state index contributed by atoms with van der Waals surface area (Å²) in [4.78, 5) is 14.2. The monoisotopic (exact) mass is 488 g/mol. The molecule has 0 spiro atoms. The molecule has 0 saturated heterocycles. The first kappa shape index (κ1) is 21.7. The second-order valence-corrected chi connectivity index (χ2v) is 9.10. The van der Waals surface area contributed by atoms with Gasteiger partial charge in [-0.15, -0.1) is 5.10 Å². The van der Waals surface area contributed by atoms with Crippen molar-refractivity contribution in [1.29, 1.82) is 0 Å². The summed E-state index contributed by atoms with van der Waals surface area (Å²) in [6.45, 7) is 4.29. The van der Waals surface area contributed by atoms with Gasteiger partial charge in [0.1, 0.15) is 29.3 Å². The molecule has 0 radical (unpaired) electrons. The van der Waals surface area contributed by atoms with E-state index in [1.165, 1.54) is 17.1 Å². The number of benzene rings is 1. The maximum Gasteiger partial charge on any atom is 0.453 e. The van der Waals surface area contributed by atoms with E-state index in [4.69, 9.17) is 4.74 Å². The minimum absolute atomic E-state index is 0.152. The Kier molecular flexibility index (Phi) is 4.57. The van der Waals surface area contributed by atoms with Crippen LogP contribution in [0.5, 0.6) is 5.75 Å². The van der Waals surface area contributed by atoms with Crippen molar-refractivity contribution in [2.75, 3.05) is 11.4 Å². The molecule has 4 aromatic rings. The first-order chi connectivity index (χ1) is 16.6. The number of hydrogen-bond acceptors (Lipinski definition) is 7. The number of H-pyrrole nitrogens is 1. The van der Waals surface area contributed by atoms with Gasteiger partial charge in [-0.05, 0) is 32.8 Å². The number of aromatic amines is 1. The Hall–Kier alpha value is -3.77. The maximum atomic E-state index is 14.5. The van der Waals surface area contributed by atoms with Crippen LogP contribution in [-0.4, -0.2) is 47.1 Å². The molecule has 1 aliphatic carbocycles. The van der Waals surface area contributed by atoms with Crippen LogP contribution in [-0.2, 0) is 12.7 Å². The van der Waals surface area contributed by atoms with E-state index < -0.39 is 23.9 Å². The number of hydrogen-bond donors (Lipinski definition) is 1. The number of fused-ring (bicyclic) bond motifs is 2. The van der Waals surface area contributed by atoms with Crippen LogP contribution in [0.25, 0.3) is 22.3 Å².